The first-order valence-corrected chi connectivity index (χ1v) is 7.17. The average Bonchev–Trinajstić information content (AvgIpc) is 3.10. The van der Waals surface area contributed by atoms with Gasteiger partial charge in [-0.25, -0.2) is 0 Å². The highest BCUT2D eigenvalue weighted by Gasteiger charge is 2.14. The quantitative estimate of drug-likeness (QED) is 0.812. The lowest BCUT2D eigenvalue weighted by atomic mass is 10.2. The van der Waals surface area contributed by atoms with Gasteiger partial charge in [0.15, 0.2) is 0 Å². The van der Waals surface area contributed by atoms with Gasteiger partial charge >= 0.3 is 0 Å². The van der Waals surface area contributed by atoms with Gasteiger partial charge in [-0.05, 0) is 30.2 Å². The van der Waals surface area contributed by atoms with E-state index in [1.54, 1.807) is 12.5 Å². The van der Waals surface area contributed by atoms with E-state index in [0.717, 1.165) is 11.5 Å². The van der Waals surface area contributed by atoms with Gasteiger partial charge in [0, 0.05) is 6.54 Å². The molecule has 0 aliphatic carbocycles. The fourth-order valence-electron chi connectivity index (χ4n) is 1.99. The monoisotopic (exact) mass is 290 g/mol. The molecule has 0 fully saturated rings. The van der Waals surface area contributed by atoms with E-state index in [1.807, 2.05) is 29.2 Å². The summed E-state index contributed by atoms with van der Waals surface area (Å²) in [5.41, 5.74) is 0. The van der Waals surface area contributed by atoms with Crippen LogP contribution in [0.4, 0.5) is 0 Å². The van der Waals surface area contributed by atoms with Gasteiger partial charge in [-0.3, -0.25) is 9.69 Å². The summed E-state index contributed by atoms with van der Waals surface area (Å²) in [5.74, 6) is 2.12. The molecule has 114 valence electrons. The van der Waals surface area contributed by atoms with Crippen molar-refractivity contribution in [3.8, 4) is 0 Å². The van der Waals surface area contributed by atoms with Crippen molar-refractivity contribution in [1.29, 1.82) is 0 Å². The fraction of sp³-hybridized carbons (Fsp3) is 0.438. The van der Waals surface area contributed by atoms with Crippen LogP contribution in [-0.2, 0) is 17.9 Å². The number of hydrogen-bond acceptors (Lipinski definition) is 4. The van der Waals surface area contributed by atoms with Crippen molar-refractivity contribution >= 4 is 5.91 Å². The van der Waals surface area contributed by atoms with Crippen molar-refractivity contribution in [1.82, 2.24) is 10.2 Å². The molecule has 0 unspecified atom stereocenters. The minimum atomic E-state index is 0.0156. The summed E-state index contributed by atoms with van der Waals surface area (Å²) in [6, 6.07) is 7.50. The molecule has 2 heterocycles. The van der Waals surface area contributed by atoms with Gasteiger partial charge in [-0.2, -0.15) is 0 Å². The second kappa shape index (κ2) is 7.69. The number of carbonyl (C=O) groups is 1. The second-order valence-corrected chi connectivity index (χ2v) is 5.50. The lowest BCUT2D eigenvalue weighted by Crippen LogP contribution is -2.38. The van der Waals surface area contributed by atoms with Crippen LogP contribution in [0.5, 0.6) is 0 Å². The Morgan fingerprint density at radius 1 is 1.14 bits per heavy atom. The van der Waals surface area contributed by atoms with Gasteiger partial charge in [-0.15, -0.1) is 0 Å². The zero-order chi connectivity index (χ0) is 15.1. The van der Waals surface area contributed by atoms with Crippen LogP contribution in [0.1, 0.15) is 25.4 Å². The maximum Gasteiger partial charge on any atom is 0.234 e. The Kier molecular flexibility index (Phi) is 5.63. The molecule has 0 aliphatic rings. The standard InChI is InChI=1S/C16H22N2O3/c1-13(2)9-17-16(19)12-18(10-14-5-3-7-20-14)11-15-6-4-8-21-15/h3-8,13H,9-12H2,1-2H3,(H,17,19). The van der Waals surface area contributed by atoms with Crippen LogP contribution in [0.3, 0.4) is 0 Å². The predicted octanol–water partition coefficient (Wildman–Crippen LogP) is 2.65. The largest absolute Gasteiger partial charge is 0.468 e. The fourth-order valence-corrected chi connectivity index (χ4v) is 1.99. The van der Waals surface area contributed by atoms with E-state index in [0.29, 0.717) is 32.1 Å². The molecule has 0 aliphatic heterocycles. The molecule has 1 amide bonds. The molecule has 21 heavy (non-hydrogen) atoms. The molecule has 2 rings (SSSR count). The maximum absolute atomic E-state index is 12.0. The highest BCUT2D eigenvalue weighted by Crippen LogP contribution is 2.10. The smallest absolute Gasteiger partial charge is 0.234 e. The minimum absolute atomic E-state index is 0.0156. The maximum atomic E-state index is 12.0. The first kappa shape index (κ1) is 15.4. The summed E-state index contributed by atoms with van der Waals surface area (Å²) >= 11 is 0. The Hall–Kier alpha value is -2.01. The molecule has 2 aromatic rings. The van der Waals surface area contributed by atoms with E-state index in [9.17, 15) is 4.79 Å². The minimum Gasteiger partial charge on any atom is -0.468 e. The zero-order valence-corrected chi connectivity index (χ0v) is 12.5. The molecule has 0 aromatic carbocycles. The van der Waals surface area contributed by atoms with Gasteiger partial charge in [0.25, 0.3) is 0 Å². The van der Waals surface area contributed by atoms with Gasteiger partial charge in [0.05, 0.1) is 32.2 Å². The summed E-state index contributed by atoms with van der Waals surface area (Å²) in [7, 11) is 0. The third kappa shape index (κ3) is 5.47. The summed E-state index contributed by atoms with van der Waals surface area (Å²) in [6.07, 6.45) is 3.28. The Morgan fingerprint density at radius 2 is 1.71 bits per heavy atom. The Morgan fingerprint density at radius 3 is 2.14 bits per heavy atom. The predicted molar refractivity (Wildman–Crippen MR) is 79.4 cm³/mol. The number of carbonyl (C=O) groups excluding carboxylic acids is 1. The first-order valence-electron chi connectivity index (χ1n) is 7.17. The molecule has 0 saturated carbocycles. The SMILES string of the molecule is CC(C)CNC(=O)CN(Cc1ccco1)Cc1ccco1. The lowest BCUT2D eigenvalue weighted by Gasteiger charge is -2.20. The van der Waals surface area contributed by atoms with Gasteiger partial charge in [0.1, 0.15) is 11.5 Å². The Balaban J connectivity index is 1.92. The van der Waals surface area contributed by atoms with Gasteiger partial charge in [-0.1, -0.05) is 13.8 Å². The van der Waals surface area contributed by atoms with E-state index in [-0.39, 0.29) is 5.91 Å². The normalized spacial score (nSPS) is 11.2. The van der Waals surface area contributed by atoms with E-state index in [2.05, 4.69) is 19.2 Å². The molecule has 0 saturated heterocycles. The van der Waals surface area contributed by atoms with E-state index < -0.39 is 0 Å². The van der Waals surface area contributed by atoms with E-state index in [4.69, 9.17) is 8.83 Å². The van der Waals surface area contributed by atoms with E-state index in [1.165, 1.54) is 0 Å². The van der Waals surface area contributed by atoms with Crippen LogP contribution in [0.25, 0.3) is 0 Å². The molecule has 0 bridgehead atoms. The van der Waals surface area contributed by atoms with Crippen molar-refractivity contribution in [3.05, 3.63) is 48.3 Å². The number of rotatable bonds is 8. The van der Waals surface area contributed by atoms with Crippen LogP contribution in [0.2, 0.25) is 0 Å². The molecule has 5 nitrogen and oxygen atoms in total. The number of nitrogens with zero attached hydrogens (tertiary/aromatic N) is 1. The third-order valence-electron chi connectivity index (χ3n) is 2.99. The summed E-state index contributed by atoms with van der Waals surface area (Å²) in [4.78, 5) is 14.0. The number of nitrogens with one attached hydrogen (secondary N) is 1. The summed E-state index contributed by atoms with van der Waals surface area (Å²) < 4.78 is 10.7. The van der Waals surface area contributed by atoms with Crippen molar-refractivity contribution in [2.75, 3.05) is 13.1 Å². The second-order valence-electron chi connectivity index (χ2n) is 5.50. The van der Waals surface area contributed by atoms with Crippen LogP contribution < -0.4 is 5.32 Å². The van der Waals surface area contributed by atoms with Crippen molar-refractivity contribution in [2.45, 2.75) is 26.9 Å². The number of amides is 1. The topological polar surface area (TPSA) is 58.6 Å². The number of hydrogen-bond donors (Lipinski definition) is 1. The molecule has 0 radical (unpaired) electrons. The summed E-state index contributed by atoms with van der Waals surface area (Å²) in [5, 5.41) is 2.93. The van der Waals surface area contributed by atoms with Gasteiger partial charge < -0.3 is 14.2 Å². The molecular formula is C16H22N2O3. The Bertz CT molecular complexity index is 481. The van der Waals surface area contributed by atoms with Crippen LogP contribution in [0.15, 0.2) is 45.6 Å². The highest BCUT2D eigenvalue weighted by atomic mass is 16.3. The first-order chi connectivity index (χ1) is 10.1. The van der Waals surface area contributed by atoms with Crippen molar-refractivity contribution < 1.29 is 13.6 Å². The third-order valence-corrected chi connectivity index (χ3v) is 2.99. The highest BCUT2D eigenvalue weighted by molar-refractivity contribution is 5.77. The average molecular weight is 290 g/mol. The van der Waals surface area contributed by atoms with Crippen LogP contribution in [-0.4, -0.2) is 23.9 Å². The molecule has 0 atom stereocenters. The molecule has 5 heteroatoms. The molecular weight excluding hydrogens is 268 g/mol. The van der Waals surface area contributed by atoms with Crippen LogP contribution in [0, 0.1) is 5.92 Å². The van der Waals surface area contributed by atoms with E-state index >= 15 is 0 Å². The lowest BCUT2D eigenvalue weighted by molar-refractivity contribution is -0.122. The van der Waals surface area contributed by atoms with Crippen molar-refractivity contribution in [3.63, 3.8) is 0 Å². The zero-order valence-electron chi connectivity index (χ0n) is 12.5. The summed E-state index contributed by atoms with van der Waals surface area (Å²) in [6.45, 7) is 6.29. The van der Waals surface area contributed by atoms with Gasteiger partial charge in [0.2, 0.25) is 5.91 Å². The number of furan rings is 2. The molecule has 2 aromatic heterocycles. The molecule has 1 N–H and O–H groups in total. The Labute approximate surface area is 124 Å². The molecule has 0 spiro atoms. The van der Waals surface area contributed by atoms with Crippen molar-refractivity contribution in [2.24, 2.45) is 5.92 Å². The van der Waals surface area contributed by atoms with Crippen LogP contribution >= 0.6 is 0 Å².